The summed E-state index contributed by atoms with van der Waals surface area (Å²) in [5.41, 5.74) is 7.28. The summed E-state index contributed by atoms with van der Waals surface area (Å²) < 4.78 is 0. The maximum Gasteiger partial charge on any atom is 0.137 e. The van der Waals surface area contributed by atoms with Gasteiger partial charge in [-0.2, -0.15) is 0 Å². The van der Waals surface area contributed by atoms with Crippen molar-refractivity contribution in [3.8, 4) is 0 Å². The smallest absolute Gasteiger partial charge is 0.137 e. The topological polar surface area (TPSA) is 37.8 Å². The third kappa shape index (κ3) is 3.18. The molecule has 3 nitrogen and oxygen atoms in total. The van der Waals surface area contributed by atoms with E-state index >= 15 is 0 Å². The van der Waals surface area contributed by atoms with Gasteiger partial charge in [0.05, 0.1) is 5.69 Å². The average Bonchev–Trinajstić information content (AvgIpc) is 3.08. The number of nitrogens with one attached hydrogen (secondary N) is 1. The Labute approximate surface area is 148 Å². The Kier molecular flexibility index (Phi) is 4.06. The van der Waals surface area contributed by atoms with Gasteiger partial charge in [-0.05, 0) is 36.6 Å². The van der Waals surface area contributed by atoms with Crippen molar-refractivity contribution in [1.29, 1.82) is 0 Å². The predicted molar refractivity (Wildman–Crippen MR) is 103 cm³/mol. The molecule has 0 saturated carbocycles. The van der Waals surface area contributed by atoms with Crippen molar-refractivity contribution in [2.75, 3.05) is 5.32 Å². The van der Waals surface area contributed by atoms with E-state index in [4.69, 9.17) is 0 Å². The molecule has 3 heteroatoms. The van der Waals surface area contributed by atoms with Crippen LogP contribution in [-0.2, 0) is 6.42 Å². The van der Waals surface area contributed by atoms with E-state index in [1.54, 1.807) is 6.33 Å². The molecule has 1 atom stereocenters. The highest BCUT2D eigenvalue weighted by Crippen LogP contribution is 2.34. The molecule has 1 aliphatic carbocycles. The Hall–Kier alpha value is -2.94. The Morgan fingerprint density at radius 1 is 0.960 bits per heavy atom. The first-order valence-electron chi connectivity index (χ1n) is 8.63. The Balaban J connectivity index is 1.63. The van der Waals surface area contributed by atoms with Gasteiger partial charge in [0.1, 0.15) is 12.1 Å². The molecule has 0 saturated heterocycles. The highest BCUT2D eigenvalue weighted by atomic mass is 15.0. The SMILES string of the molecule is Cc1ccc(C2=Cc3c(ncnc3N[C@H](C)c3ccccc3)C2)cc1. The van der Waals surface area contributed by atoms with Crippen LogP contribution in [0.1, 0.15) is 40.9 Å². The molecule has 0 amide bonds. The fraction of sp³-hybridized carbons (Fsp3) is 0.182. The van der Waals surface area contributed by atoms with Crippen molar-refractivity contribution in [1.82, 2.24) is 9.97 Å². The highest BCUT2D eigenvalue weighted by Gasteiger charge is 2.20. The van der Waals surface area contributed by atoms with Gasteiger partial charge in [-0.3, -0.25) is 0 Å². The van der Waals surface area contributed by atoms with Crippen LogP contribution in [0.15, 0.2) is 60.9 Å². The zero-order valence-corrected chi connectivity index (χ0v) is 14.5. The predicted octanol–water partition coefficient (Wildman–Crippen LogP) is 5.05. The van der Waals surface area contributed by atoms with Crippen LogP contribution >= 0.6 is 0 Å². The molecular formula is C22H21N3. The second kappa shape index (κ2) is 6.52. The number of aryl methyl sites for hydroxylation is 1. The van der Waals surface area contributed by atoms with Gasteiger partial charge in [0.2, 0.25) is 0 Å². The van der Waals surface area contributed by atoms with Crippen LogP contribution < -0.4 is 5.32 Å². The van der Waals surface area contributed by atoms with Gasteiger partial charge in [0, 0.05) is 18.0 Å². The Morgan fingerprint density at radius 2 is 1.72 bits per heavy atom. The minimum atomic E-state index is 0.192. The van der Waals surface area contributed by atoms with Gasteiger partial charge >= 0.3 is 0 Å². The first-order chi connectivity index (χ1) is 12.2. The molecule has 2 aromatic carbocycles. The van der Waals surface area contributed by atoms with Gasteiger partial charge in [-0.15, -0.1) is 0 Å². The van der Waals surface area contributed by atoms with Crippen molar-refractivity contribution < 1.29 is 0 Å². The molecule has 0 fully saturated rings. The maximum absolute atomic E-state index is 4.49. The van der Waals surface area contributed by atoms with Crippen LogP contribution in [0.5, 0.6) is 0 Å². The zero-order valence-electron chi connectivity index (χ0n) is 14.5. The summed E-state index contributed by atoms with van der Waals surface area (Å²) >= 11 is 0. The van der Waals surface area contributed by atoms with Crippen LogP contribution in [0.3, 0.4) is 0 Å². The maximum atomic E-state index is 4.49. The van der Waals surface area contributed by atoms with E-state index in [9.17, 15) is 0 Å². The summed E-state index contributed by atoms with van der Waals surface area (Å²) in [6.45, 7) is 4.27. The van der Waals surface area contributed by atoms with Crippen LogP contribution in [0, 0.1) is 6.92 Å². The van der Waals surface area contributed by atoms with Gasteiger partial charge in [0.15, 0.2) is 0 Å². The van der Waals surface area contributed by atoms with E-state index in [0.29, 0.717) is 0 Å². The van der Waals surface area contributed by atoms with E-state index in [-0.39, 0.29) is 6.04 Å². The van der Waals surface area contributed by atoms with Crippen molar-refractivity contribution in [3.05, 3.63) is 88.9 Å². The van der Waals surface area contributed by atoms with Gasteiger partial charge in [-0.1, -0.05) is 60.2 Å². The van der Waals surface area contributed by atoms with Gasteiger partial charge < -0.3 is 5.32 Å². The summed E-state index contributed by atoms with van der Waals surface area (Å²) in [4.78, 5) is 8.98. The highest BCUT2D eigenvalue weighted by molar-refractivity contribution is 5.90. The summed E-state index contributed by atoms with van der Waals surface area (Å²) in [6, 6.07) is 19.3. The van der Waals surface area contributed by atoms with E-state index in [0.717, 1.165) is 23.5 Å². The lowest BCUT2D eigenvalue weighted by molar-refractivity contribution is 0.868. The first-order valence-corrected chi connectivity index (χ1v) is 8.63. The standard InChI is InChI=1S/C22H21N3/c1-15-8-10-18(11-9-15)19-12-20-21(13-19)23-14-24-22(20)25-16(2)17-6-4-3-5-7-17/h3-12,14,16H,13H2,1-2H3,(H,23,24,25)/t16-/m1/s1. The molecular weight excluding hydrogens is 306 g/mol. The second-order valence-corrected chi connectivity index (χ2v) is 6.57. The minimum Gasteiger partial charge on any atom is -0.363 e. The molecule has 0 aliphatic heterocycles. The molecule has 0 unspecified atom stereocenters. The van der Waals surface area contributed by atoms with Crippen LogP contribution in [-0.4, -0.2) is 9.97 Å². The lowest BCUT2D eigenvalue weighted by Crippen LogP contribution is -2.10. The summed E-state index contributed by atoms with van der Waals surface area (Å²) in [5, 5.41) is 3.54. The molecule has 1 aliphatic rings. The van der Waals surface area contributed by atoms with Gasteiger partial charge in [-0.25, -0.2) is 9.97 Å². The zero-order chi connectivity index (χ0) is 17.2. The second-order valence-electron chi connectivity index (χ2n) is 6.57. The Bertz CT molecular complexity index is 912. The molecule has 0 radical (unpaired) electrons. The molecule has 1 heterocycles. The normalized spacial score (nSPS) is 13.9. The number of benzene rings is 2. The number of anilines is 1. The number of rotatable bonds is 4. The minimum absolute atomic E-state index is 0.192. The number of aromatic nitrogens is 2. The van der Waals surface area contributed by atoms with Crippen molar-refractivity contribution in [2.24, 2.45) is 0 Å². The molecule has 25 heavy (non-hydrogen) atoms. The number of fused-ring (bicyclic) bond motifs is 1. The number of nitrogens with zero attached hydrogens (tertiary/aromatic N) is 2. The molecule has 0 bridgehead atoms. The largest absolute Gasteiger partial charge is 0.363 e. The first kappa shape index (κ1) is 15.6. The summed E-state index contributed by atoms with van der Waals surface area (Å²) in [7, 11) is 0. The lowest BCUT2D eigenvalue weighted by Gasteiger charge is -2.16. The van der Waals surface area contributed by atoms with Crippen LogP contribution in [0.2, 0.25) is 0 Å². The fourth-order valence-electron chi connectivity index (χ4n) is 3.23. The van der Waals surface area contributed by atoms with Crippen molar-refractivity contribution in [2.45, 2.75) is 26.3 Å². The van der Waals surface area contributed by atoms with Crippen LogP contribution in [0.4, 0.5) is 5.82 Å². The molecule has 4 rings (SSSR count). The summed E-state index contributed by atoms with van der Waals surface area (Å²) in [5.74, 6) is 0.906. The number of hydrogen-bond acceptors (Lipinski definition) is 3. The third-order valence-corrected chi connectivity index (χ3v) is 4.72. The quantitative estimate of drug-likeness (QED) is 0.728. The summed E-state index contributed by atoms with van der Waals surface area (Å²) in [6.07, 6.45) is 4.74. The monoisotopic (exact) mass is 327 g/mol. The number of hydrogen-bond donors (Lipinski definition) is 1. The molecule has 0 spiro atoms. The lowest BCUT2D eigenvalue weighted by atomic mass is 10.0. The average molecular weight is 327 g/mol. The molecule has 3 aromatic rings. The Morgan fingerprint density at radius 3 is 2.48 bits per heavy atom. The van der Waals surface area contributed by atoms with E-state index in [2.05, 4.69) is 83.7 Å². The van der Waals surface area contributed by atoms with E-state index in [1.807, 2.05) is 6.07 Å². The van der Waals surface area contributed by atoms with Crippen molar-refractivity contribution in [3.63, 3.8) is 0 Å². The molecule has 124 valence electrons. The van der Waals surface area contributed by atoms with Gasteiger partial charge in [0.25, 0.3) is 0 Å². The third-order valence-electron chi connectivity index (χ3n) is 4.72. The molecule has 1 aromatic heterocycles. The molecule has 1 N–H and O–H groups in total. The number of allylic oxidation sites excluding steroid dienone is 1. The van der Waals surface area contributed by atoms with E-state index in [1.165, 1.54) is 22.3 Å². The van der Waals surface area contributed by atoms with Crippen molar-refractivity contribution >= 4 is 17.5 Å². The fourth-order valence-corrected chi connectivity index (χ4v) is 3.23. The van der Waals surface area contributed by atoms with Crippen LogP contribution in [0.25, 0.3) is 11.6 Å². The van der Waals surface area contributed by atoms with E-state index < -0.39 is 0 Å².